The molecule has 0 amide bonds. The first kappa shape index (κ1) is 21.2. The highest BCUT2D eigenvalue weighted by molar-refractivity contribution is 5.79. The van der Waals surface area contributed by atoms with Crippen molar-refractivity contribution in [1.29, 1.82) is 0 Å². The third-order valence-corrected chi connectivity index (χ3v) is 5.34. The van der Waals surface area contributed by atoms with Gasteiger partial charge in [-0.25, -0.2) is 0 Å². The van der Waals surface area contributed by atoms with Crippen molar-refractivity contribution >= 4 is 5.96 Å². The topological polar surface area (TPSA) is 54.9 Å². The third-order valence-electron chi connectivity index (χ3n) is 5.34. The molecule has 2 aromatic carbocycles. The highest BCUT2D eigenvalue weighted by atomic mass is 16.5. The van der Waals surface area contributed by atoms with Gasteiger partial charge in [0.2, 0.25) is 0 Å². The first-order valence-electron chi connectivity index (χ1n) is 10.4. The lowest BCUT2D eigenvalue weighted by Crippen LogP contribution is -2.36. The molecule has 1 unspecified atom stereocenters. The Morgan fingerprint density at radius 1 is 1.03 bits per heavy atom. The van der Waals surface area contributed by atoms with Gasteiger partial charge in [0.05, 0.1) is 13.2 Å². The van der Waals surface area contributed by atoms with Crippen molar-refractivity contribution in [2.75, 3.05) is 26.9 Å². The van der Waals surface area contributed by atoms with Crippen LogP contribution >= 0.6 is 0 Å². The fourth-order valence-corrected chi connectivity index (χ4v) is 3.49. The van der Waals surface area contributed by atoms with Gasteiger partial charge in [-0.3, -0.25) is 4.99 Å². The van der Waals surface area contributed by atoms with Crippen molar-refractivity contribution in [3.8, 4) is 5.75 Å². The maximum atomic E-state index is 6.14. The number of hydrogen-bond acceptors (Lipinski definition) is 3. The summed E-state index contributed by atoms with van der Waals surface area (Å²) in [7, 11) is 1.80. The molecule has 3 rings (SSSR count). The highest BCUT2D eigenvalue weighted by Crippen LogP contribution is 2.22. The van der Waals surface area contributed by atoms with E-state index in [1.54, 1.807) is 7.05 Å². The van der Waals surface area contributed by atoms with E-state index in [0.29, 0.717) is 19.1 Å². The van der Waals surface area contributed by atoms with Crippen LogP contribution in [0.15, 0.2) is 41.4 Å². The van der Waals surface area contributed by atoms with E-state index in [-0.39, 0.29) is 0 Å². The molecule has 1 atom stereocenters. The molecule has 0 aromatic heterocycles. The van der Waals surface area contributed by atoms with E-state index < -0.39 is 0 Å². The number of hydrogen-bond donors (Lipinski definition) is 2. The van der Waals surface area contributed by atoms with Crippen LogP contribution in [0, 0.1) is 26.7 Å². The van der Waals surface area contributed by atoms with Crippen LogP contribution in [0.5, 0.6) is 5.75 Å². The van der Waals surface area contributed by atoms with E-state index in [2.05, 4.69) is 72.8 Å². The second kappa shape index (κ2) is 10.3. The normalized spacial score (nSPS) is 16.7. The fraction of sp³-hybridized carbons (Fsp3) is 0.458. The molecule has 2 aromatic rings. The summed E-state index contributed by atoms with van der Waals surface area (Å²) in [6, 6.07) is 12.9. The van der Waals surface area contributed by atoms with Crippen molar-refractivity contribution in [2.45, 2.75) is 40.3 Å². The molecular formula is C24H33N3O2. The standard InChI is InChI=1S/C24H33N3O2/c1-17-5-7-21(19(3)11-17)13-26-24(25-4)27-14-22-8-6-18(2)12-23(22)29-16-20-9-10-28-15-20/h5-8,11-12,20H,9-10,13-16H2,1-4H3,(H2,25,26,27). The number of rotatable bonds is 7. The van der Waals surface area contributed by atoms with Gasteiger partial charge in [-0.2, -0.15) is 0 Å². The second-order valence-corrected chi connectivity index (χ2v) is 7.86. The summed E-state index contributed by atoms with van der Waals surface area (Å²) in [5.41, 5.74) is 6.17. The Kier molecular flexibility index (Phi) is 7.53. The van der Waals surface area contributed by atoms with Crippen molar-refractivity contribution in [1.82, 2.24) is 10.6 Å². The monoisotopic (exact) mass is 395 g/mol. The maximum absolute atomic E-state index is 6.14. The van der Waals surface area contributed by atoms with E-state index in [0.717, 1.165) is 43.5 Å². The molecule has 1 aliphatic heterocycles. The number of ether oxygens (including phenoxy) is 2. The van der Waals surface area contributed by atoms with Crippen LogP contribution in [0.25, 0.3) is 0 Å². The van der Waals surface area contributed by atoms with Crippen LogP contribution in [0.2, 0.25) is 0 Å². The molecule has 1 aliphatic rings. The fourth-order valence-electron chi connectivity index (χ4n) is 3.49. The van der Waals surface area contributed by atoms with E-state index in [1.165, 1.54) is 22.3 Å². The van der Waals surface area contributed by atoms with Crippen molar-refractivity contribution in [2.24, 2.45) is 10.9 Å². The number of benzene rings is 2. The molecule has 0 saturated carbocycles. The highest BCUT2D eigenvalue weighted by Gasteiger charge is 2.17. The van der Waals surface area contributed by atoms with Crippen LogP contribution in [0.1, 0.15) is 34.2 Å². The van der Waals surface area contributed by atoms with Gasteiger partial charge in [-0.15, -0.1) is 0 Å². The molecule has 0 spiro atoms. The Bertz CT molecular complexity index is 842. The SMILES string of the molecule is CN=C(NCc1ccc(C)cc1C)NCc1ccc(C)cc1OCC1CCOC1. The minimum Gasteiger partial charge on any atom is -0.493 e. The average Bonchev–Trinajstić information content (AvgIpc) is 3.22. The van der Waals surface area contributed by atoms with E-state index >= 15 is 0 Å². The lowest BCUT2D eigenvalue weighted by molar-refractivity contribution is 0.166. The maximum Gasteiger partial charge on any atom is 0.191 e. The second-order valence-electron chi connectivity index (χ2n) is 7.86. The third kappa shape index (κ3) is 6.23. The van der Waals surface area contributed by atoms with Gasteiger partial charge >= 0.3 is 0 Å². The molecule has 29 heavy (non-hydrogen) atoms. The lowest BCUT2D eigenvalue weighted by Gasteiger charge is -2.17. The average molecular weight is 396 g/mol. The summed E-state index contributed by atoms with van der Waals surface area (Å²) >= 11 is 0. The van der Waals surface area contributed by atoms with Gasteiger partial charge in [0.15, 0.2) is 5.96 Å². The van der Waals surface area contributed by atoms with E-state index in [9.17, 15) is 0 Å². The molecule has 2 N–H and O–H groups in total. The molecule has 1 fully saturated rings. The quantitative estimate of drug-likeness (QED) is 0.552. The molecule has 5 heteroatoms. The number of nitrogens with one attached hydrogen (secondary N) is 2. The van der Waals surface area contributed by atoms with Crippen LogP contribution in [0.3, 0.4) is 0 Å². The lowest BCUT2D eigenvalue weighted by atomic mass is 10.1. The summed E-state index contributed by atoms with van der Waals surface area (Å²) in [4.78, 5) is 4.36. The predicted molar refractivity (Wildman–Crippen MR) is 119 cm³/mol. The van der Waals surface area contributed by atoms with Crippen LogP contribution in [-0.4, -0.2) is 32.8 Å². The Labute approximate surface area is 174 Å². The Hall–Kier alpha value is -2.53. The smallest absolute Gasteiger partial charge is 0.191 e. The van der Waals surface area contributed by atoms with E-state index in [1.807, 2.05) is 0 Å². The Balaban J connectivity index is 1.57. The number of aryl methyl sites for hydroxylation is 3. The summed E-state index contributed by atoms with van der Waals surface area (Å²) in [5, 5.41) is 6.81. The molecular weight excluding hydrogens is 362 g/mol. The zero-order valence-electron chi connectivity index (χ0n) is 18.0. The molecule has 1 saturated heterocycles. The number of nitrogens with zero attached hydrogens (tertiary/aromatic N) is 1. The van der Waals surface area contributed by atoms with Crippen molar-refractivity contribution in [3.05, 3.63) is 64.2 Å². The summed E-state index contributed by atoms with van der Waals surface area (Å²) in [6.45, 7) is 10.1. The summed E-state index contributed by atoms with van der Waals surface area (Å²) < 4.78 is 11.6. The minimum absolute atomic E-state index is 0.489. The van der Waals surface area contributed by atoms with Gasteiger partial charge in [-0.05, 0) is 49.9 Å². The zero-order valence-corrected chi connectivity index (χ0v) is 18.0. The minimum atomic E-state index is 0.489. The van der Waals surface area contributed by atoms with Crippen molar-refractivity contribution < 1.29 is 9.47 Å². The molecule has 0 radical (unpaired) electrons. The Morgan fingerprint density at radius 3 is 2.38 bits per heavy atom. The van der Waals surface area contributed by atoms with Gasteiger partial charge in [-0.1, -0.05) is 35.9 Å². The molecule has 1 heterocycles. The van der Waals surface area contributed by atoms with Crippen LogP contribution < -0.4 is 15.4 Å². The number of aliphatic imine (C=N–C) groups is 1. The van der Waals surface area contributed by atoms with Gasteiger partial charge in [0, 0.05) is 38.2 Å². The first-order chi connectivity index (χ1) is 14.0. The van der Waals surface area contributed by atoms with Crippen molar-refractivity contribution in [3.63, 3.8) is 0 Å². The zero-order chi connectivity index (χ0) is 20.6. The molecule has 0 bridgehead atoms. The van der Waals surface area contributed by atoms with E-state index in [4.69, 9.17) is 9.47 Å². The Morgan fingerprint density at radius 2 is 1.72 bits per heavy atom. The largest absolute Gasteiger partial charge is 0.493 e. The van der Waals surface area contributed by atoms with Gasteiger partial charge in [0.25, 0.3) is 0 Å². The van der Waals surface area contributed by atoms with Crippen LogP contribution in [-0.2, 0) is 17.8 Å². The van der Waals surface area contributed by atoms with Gasteiger partial charge in [0.1, 0.15) is 5.75 Å². The predicted octanol–water partition coefficient (Wildman–Crippen LogP) is 3.89. The molecule has 0 aliphatic carbocycles. The van der Waals surface area contributed by atoms with Crippen LogP contribution in [0.4, 0.5) is 0 Å². The molecule has 5 nitrogen and oxygen atoms in total. The molecule has 156 valence electrons. The summed E-state index contributed by atoms with van der Waals surface area (Å²) in [5.74, 6) is 2.21. The number of guanidine groups is 1. The first-order valence-corrected chi connectivity index (χ1v) is 10.4. The van der Waals surface area contributed by atoms with Gasteiger partial charge < -0.3 is 20.1 Å². The summed E-state index contributed by atoms with van der Waals surface area (Å²) in [6.07, 6.45) is 1.08.